The molecule has 76 valence electrons. The summed E-state index contributed by atoms with van der Waals surface area (Å²) in [5.74, 6) is 1.10. The SMILES string of the molecule is C=CC(c1ccco1)c1ccccc1C. The van der Waals surface area contributed by atoms with Crippen molar-refractivity contribution in [1.29, 1.82) is 0 Å². The van der Waals surface area contributed by atoms with Gasteiger partial charge in [0.1, 0.15) is 5.76 Å². The van der Waals surface area contributed by atoms with Crippen LogP contribution in [0.2, 0.25) is 0 Å². The van der Waals surface area contributed by atoms with E-state index in [9.17, 15) is 0 Å². The van der Waals surface area contributed by atoms with Crippen molar-refractivity contribution in [1.82, 2.24) is 0 Å². The Kier molecular flexibility index (Phi) is 2.72. The normalized spacial score (nSPS) is 12.3. The third-order valence-electron chi connectivity index (χ3n) is 2.61. The summed E-state index contributed by atoms with van der Waals surface area (Å²) >= 11 is 0. The first-order chi connectivity index (χ1) is 7.33. The van der Waals surface area contributed by atoms with Crippen LogP contribution in [0.3, 0.4) is 0 Å². The van der Waals surface area contributed by atoms with E-state index in [2.05, 4.69) is 25.6 Å². The quantitative estimate of drug-likeness (QED) is 0.681. The van der Waals surface area contributed by atoms with Crippen molar-refractivity contribution in [3.63, 3.8) is 0 Å². The Morgan fingerprint density at radius 3 is 2.60 bits per heavy atom. The molecule has 0 N–H and O–H groups in total. The first-order valence-corrected chi connectivity index (χ1v) is 5.04. The van der Waals surface area contributed by atoms with Crippen molar-refractivity contribution < 1.29 is 4.42 Å². The molecule has 0 fully saturated rings. The van der Waals surface area contributed by atoms with Gasteiger partial charge in [0.05, 0.1) is 12.2 Å². The minimum Gasteiger partial charge on any atom is -0.468 e. The first kappa shape index (κ1) is 9.78. The van der Waals surface area contributed by atoms with Crippen LogP contribution < -0.4 is 0 Å². The summed E-state index contributed by atoms with van der Waals surface area (Å²) in [5, 5.41) is 0. The van der Waals surface area contributed by atoms with Crippen LogP contribution in [0.1, 0.15) is 22.8 Å². The molecule has 0 amide bonds. The molecule has 1 heterocycles. The minimum absolute atomic E-state index is 0.154. The summed E-state index contributed by atoms with van der Waals surface area (Å²) in [6.45, 7) is 5.98. The van der Waals surface area contributed by atoms with Crippen LogP contribution in [-0.2, 0) is 0 Å². The van der Waals surface area contributed by atoms with Gasteiger partial charge in [0.25, 0.3) is 0 Å². The van der Waals surface area contributed by atoms with Crippen molar-refractivity contribution in [2.24, 2.45) is 0 Å². The fourth-order valence-electron chi connectivity index (χ4n) is 1.80. The predicted molar refractivity (Wildman–Crippen MR) is 61.9 cm³/mol. The van der Waals surface area contributed by atoms with Gasteiger partial charge in [0, 0.05) is 0 Å². The van der Waals surface area contributed by atoms with E-state index >= 15 is 0 Å². The van der Waals surface area contributed by atoms with Crippen molar-refractivity contribution in [3.8, 4) is 0 Å². The van der Waals surface area contributed by atoms with Gasteiger partial charge in [-0.15, -0.1) is 6.58 Å². The van der Waals surface area contributed by atoms with Crippen LogP contribution in [0.4, 0.5) is 0 Å². The lowest BCUT2D eigenvalue weighted by Crippen LogP contribution is -1.98. The van der Waals surface area contributed by atoms with Crippen LogP contribution in [0, 0.1) is 6.92 Å². The van der Waals surface area contributed by atoms with Gasteiger partial charge in [-0.25, -0.2) is 0 Å². The Morgan fingerprint density at radius 1 is 1.20 bits per heavy atom. The maximum absolute atomic E-state index is 5.42. The van der Waals surface area contributed by atoms with Gasteiger partial charge in [-0.1, -0.05) is 30.3 Å². The van der Waals surface area contributed by atoms with Gasteiger partial charge in [0.15, 0.2) is 0 Å². The summed E-state index contributed by atoms with van der Waals surface area (Å²) in [6.07, 6.45) is 3.62. The maximum Gasteiger partial charge on any atom is 0.115 e. The molecular formula is C14H14O. The Balaban J connectivity index is 2.44. The monoisotopic (exact) mass is 198 g/mol. The van der Waals surface area contributed by atoms with Crippen LogP contribution in [0.25, 0.3) is 0 Å². The van der Waals surface area contributed by atoms with Gasteiger partial charge in [-0.3, -0.25) is 0 Å². The van der Waals surface area contributed by atoms with E-state index in [0.717, 1.165) is 5.76 Å². The molecule has 0 saturated carbocycles. The summed E-state index contributed by atoms with van der Waals surface area (Å²) in [7, 11) is 0. The van der Waals surface area contributed by atoms with E-state index in [1.54, 1.807) is 6.26 Å². The number of aryl methyl sites for hydroxylation is 1. The highest BCUT2D eigenvalue weighted by Gasteiger charge is 2.14. The zero-order chi connectivity index (χ0) is 10.7. The highest BCUT2D eigenvalue weighted by Crippen LogP contribution is 2.28. The van der Waals surface area contributed by atoms with Crippen LogP contribution in [0.15, 0.2) is 59.7 Å². The van der Waals surface area contributed by atoms with Crippen LogP contribution in [-0.4, -0.2) is 0 Å². The number of rotatable bonds is 3. The van der Waals surface area contributed by atoms with Crippen LogP contribution in [0.5, 0.6) is 0 Å². The molecule has 1 nitrogen and oxygen atoms in total. The number of allylic oxidation sites excluding steroid dienone is 1. The first-order valence-electron chi connectivity index (χ1n) is 5.04. The smallest absolute Gasteiger partial charge is 0.115 e. The summed E-state index contributed by atoms with van der Waals surface area (Å²) in [5.41, 5.74) is 2.52. The van der Waals surface area contributed by atoms with Gasteiger partial charge in [-0.05, 0) is 30.2 Å². The molecule has 15 heavy (non-hydrogen) atoms. The summed E-state index contributed by atoms with van der Waals surface area (Å²) in [6, 6.07) is 12.2. The van der Waals surface area contributed by atoms with E-state index in [1.807, 2.05) is 30.3 Å². The molecule has 1 atom stereocenters. The lowest BCUT2D eigenvalue weighted by Gasteiger charge is -2.12. The molecule has 1 unspecified atom stereocenters. The van der Waals surface area contributed by atoms with E-state index in [0.29, 0.717) is 0 Å². The van der Waals surface area contributed by atoms with E-state index < -0.39 is 0 Å². The topological polar surface area (TPSA) is 13.1 Å². The molecule has 0 aliphatic heterocycles. The number of benzene rings is 1. The Bertz CT molecular complexity index is 440. The van der Waals surface area contributed by atoms with E-state index in [-0.39, 0.29) is 5.92 Å². The van der Waals surface area contributed by atoms with Gasteiger partial charge >= 0.3 is 0 Å². The molecule has 0 aliphatic carbocycles. The fourth-order valence-corrected chi connectivity index (χ4v) is 1.80. The lowest BCUT2D eigenvalue weighted by molar-refractivity contribution is 0.506. The zero-order valence-corrected chi connectivity index (χ0v) is 8.81. The van der Waals surface area contributed by atoms with Crippen molar-refractivity contribution >= 4 is 0 Å². The maximum atomic E-state index is 5.42. The summed E-state index contributed by atoms with van der Waals surface area (Å²) in [4.78, 5) is 0. The third kappa shape index (κ3) is 1.86. The van der Waals surface area contributed by atoms with E-state index in [1.165, 1.54) is 11.1 Å². The van der Waals surface area contributed by atoms with Crippen molar-refractivity contribution in [3.05, 3.63) is 72.2 Å². The van der Waals surface area contributed by atoms with Gasteiger partial charge in [0.2, 0.25) is 0 Å². The molecule has 1 heteroatoms. The van der Waals surface area contributed by atoms with Gasteiger partial charge < -0.3 is 4.42 Å². The molecule has 2 aromatic rings. The molecule has 0 spiro atoms. The van der Waals surface area contributed by atoms with Crippen molar-refractivity contribution in [2.45, 2.75) is 12.8 Å². The summed E-state index contributed by atoms with van der Waals surface area (Å²) < 4.78 is 5.42. The molecule has 0 saturated heterocycles. The number of furan rings is 1. The highest BCUT2D eigenvalue weighted by molar-refractivity contribution is 5.37. The highest BCUT2D eigenvalue weighted by atomic mass is 16.3. The second kappa shape index (κ2) is 4.18. The number of hydrogen-bond donors (Lipinski definition) is 0. The van der Waals surface area contributed by atoms with E-state index in [4.69, 9.17) is 4.42 Å². The molecule has 0 radical (unpaired) electrons. The number of hydrogen-bond acceptors (Lipinski definition) is 1. The Hall–Kier alpha value is -1.76. The second-order valence-corrected chi connectivity index (χ2v) is 3.59. The molecule has 2 rings (SSSR count). The third-order valence-corrected chi connectivity index (χ3v) is 2.61. The molecule has 1 aromatic carbocycles. The molecule has 0 aliphatic rings. The van der Waals surface area contributed by atoms with Gasteiger partial charge in [-0.2, -0.15) is 0 Å². The molecule has 1 aromatic heterocycles. The Morgan fingerprint density at radius 2 is 2.00 bits per heavy atom. The Labute approximate surface area is 90.1 Å². The molecule has 0 bridgehead atoms. The second-order valence-electron chi connectivity index (χ2n) is 3.59. The van der Waals surface area contributed by atoms with Crippen LogP contribution >= 0.6 is 0 Å². The van der Waals surface area contributed by atoms with Crippen molar-refractivity contribution in [2.75, 3.05) is 0 Å². The largest absolute Gasteiger partial charge is 0.468 e. The predicted octanol–water partition coefficient (Wildman–Crippen LogP) is 3.91. The minimum atomic E-state index is 0.154. The average Bonchev–Trinajstić information content (AvgIpc) is 2.75. The fraction of sp³-hybridized carbons (Fsp3) is 0.143. The average molecular weight is 198 g/mol. The lowest BCUT2D eigenvalue weighted by atomic mass is 9.93. The standard InChI is InChI=1S/C14H14O/c1-3-12(14-9-6-10-15-14)13-8-5-4-7-11(13)2/h3-10,12H,1H2,2H3. The molecular weight excluding hydrogens is 184 g/mol. The zero-order valence-electron chi connectivity index (χ0n) is 8.81.